The van der Waals surface area contributed by atoms with E-state index in [0.717, 1.165) is 28.9 Å². The van der Waals surface area contributed by atoms with Gasteiger partial charge < -0.3 is 9.84 Å². The Morgan fingerprint density at radius 2 is 1.50 bits per heavy atom. The van der Waals surface area contributed by atoms with Gasteiger partial charge in [-0.2, -0.15) is 0 Å². The Morgan fingerprint density at radius 3 is 2.09 bits per heavy atom. The second-order valence-electron chi connectivity index (χ2n) is 8.40. The van der Waals surface area contributed by atoms with Crippen molar-refractivity contribution in [1.29, 1.82) is 0 Å². The molecule has 0 radical (unpaired) electrons. The highest BCUT2D eigenvalue weighted by molar-refractivity contribution is 6.00. The van der Waals surface area contributed by atoms with Gasteiger partial charge in [0, 0.05) is 11.5 Å². The van der Waals surface area contributed by atoms with E-state index in [0.29, 0.717) is 25.0 Å². The predicted octanol–water partition coefficient (Wildman–Crippen LogP) is 5.90. The summed E-state index contributed by atoms with van der Waals surface area (Å²) in [6.07, 6.45) is 2.07. The summed E-state index contributed by atoms with van der Waals surface area (Å²) < 4.78 is 5.49. The molecule has 4 rings (SSSR count). The van der Waals surface area contributed by atoms with E-state index in [-0.39, 0.29) is 11.7 Å². The summed E-state index contributed by atoms with van der Waals surface area (Å²) in [7, 11) is 0. The Morgan fingerprint density at radius 1 is 0.875 bits per heavy atom. The average molecular weight is 429 g/mol. The molecule has 1 N–H and O–H groups in total. The van der Waals surface area contributed by atoms with Crippen molar-refractivity contribution in [3.8, 4) is 16.9 Å². The topological polar surface area (TPSA) is 63.6 Å². The van der Waals surface area contributed by atoms with Gasteiger partial charge in [-0.3, -0.25) is 9.59 Å². The molecule has 3 atom stereocenters. The summed E-state index contributed by atoms with van der Waals surface area (Å²) in [5, 5.41) is 9.92. The number of Topliss-reactive ketones (excluding diaryl/α,β-unsaturated/α-hetero) is 1. The lowest BCUT2D eigenvalue weighted by Crippen LogP contribution is -2.30. The van der Waals surface area contributed by atoms with Gasteiger partial charge in [-0.05, 0) is 60.9 Å². The normalized spacial score (nSPS) is 20.1. The van der Waals surface area contributed by atoms with Crippen LogP contribution in [0.1, 0.15) is 35.7 Å². The van der Waals surface area contributed by atoms with Gasteiger partial charge >= 0.3 is 5.97 Å². The number of benzene rings is 3. The Balaban J connectivity index is 1.48. The molecule has 0 aromatic heterocycles. The molecule has 1 aliphatic carbocycles. The van der Waals surface area contributed by atoms with Gasteiger partial charge in [0.05, 0.1) is 12.5 Å². The van der Waals surface area contributed by atoms with Crippen LogP contribution < -0.4 is 4.74 Å². The second kappa shape index (κ2) is 9.82. The fraction of sp³-hybridized carbons (Fsp3) is 0.286. The van der Waals surface area contributed by atoms with Crippen LogP contribution in [0.5, 0.6) is 5.75 Å². The van der Waals surface area contributed by atoms with E-state index in [4.69, 9.17) is 4.74 Å². The minimum Gasteiger partial charge on any atom is -0.494 e. The van der Waals surface area contributed by atoms with Crippen molar-refractivity contribution < 1.29 is 19.4 Å². The summed E-state index contributed by atoms with van der Waals surface area (Å²) in [6.45, 7) is 2.58. The Bertz CT molecular complexity index is 1050. The number of ether oxygens (including phenoxy) is 1. The molecule has 1 fully saturated rings. The average Bonchev–Trinajstić information content (AvgIpc) is 3.24. The smallest absolute Gasteiger partial charge is 0.307 e. The van der Waals surface area contributed by atoms with Crippen molar-refractivity contribution in [2.75, 3.05) is 6.61 Å². The van der Waals surface area contributed by atoms with E-state index in [1.54, 1.807) is 0 Å². The maximum absolute atomic E-state index is 13.2. The number of ketones is 1. The first-order valence-electron chi connectivity index (χ1n) is 11.2. The zero-order valence-electron chi connectivity index (χ0n) is 18.2. The maximum atomic E-state index is 13.2. The van der Waals surface area contributed by atoms with Gasteiger partial charge in [-0.15, -0.1) is 0 Å². The molecular formula is C28H28O4. The third kappa shape index (κ3) is 4.75. The third-order valence-corrected chi connectivity index (χ3v) is 6.42. The first-order valence-corrected chi connectivity index (χ1v) is 11.2. The molecule has 0 spiro atoms. The number of carbonyl (C=O) groups excluding carboxylic acids is 1. The molecule has 0 aliphatic heterocycles. The van der Waals surface area contributed by atoms with E-state index in [1.165, 1.54) is 0 Å². The van der Waals surface area contributed by atoms with Crippen molar-refractivity contribution >= 4 is 11.8 Å². The van der Waals surface area contributed by atoms with Crippen molar-refractivity contribution in [2.24, 2.45) is 17.8 Å². The number of carboxylic acids is 1. The lowest BCUT2D eigenvalue weighted by molar-refractivity contribution is -0.144. The van der Waals surface area contributed by atoms with Crippen LogP contribution in [0.3, 0.4) is 0 Å². The fourth-order valence-corrected chi connectivity index (χ4v) is 4.85. The summed E-state index contributed by atoms with van der Waals surface area (Å²) in [4.78, 5) is 25.3. The van der Waals surface area contributed by atoms with Gasteiger partial charge in [0.1, 0.15) is 5.75 Å². The molecule has 0 bridgehead atoms. The van der Waals surface area contributed by atoms with Crippen LogP contribution in [0.15, 0.2) is 78.9 Å². The SMILES string of the molecule is CCOc1ccc(-c2ccc(C(=O)C3CCC(Cc4ccccc4)C3C(=O)O)cc2)cc1. The number of carbonyl (C=O) groups is 2. The molecule has 4 nitrogen and oxygen atoms in total. The van der Waals surface area contributed by atoms with Crippen molar-refractivity contribution in [3.05, 3.63) is 90.0 Å². The molecule has 3 aromatic carbocycles. The first kappa shape index (κ1) is 21.8. The Kier molecular flexibility index (Phi) is 6.69. The largest absolute Gasteiger partial charge is 0.494 e. The summed E-state index contributed by atoms with van der Waals surface area (Å²) in [5.74, 6) is -1.24. The molecule has 0 heterocycles. The van der Waals surface area contributed by atoms with Crippen LogP contribution in [-0.4, -0.2) is 23.5 Å². The highest BCUT2D eigenvalue weighted by Gasteiger charge is 2.44. The number of hydrogen-bond donors (Lipinski definition) is 1. The molecular weight excluding hydrogens is 400 g/mol. The number of carboxylic acid groups (broad SMARTS) is 1. The van der Waals surface area contributed by atoms with Gasteiger partial charge in [-0.1, -0.05) is 66.7 Å². The fourth-order valence-electron chi connectivity index (χ4n) is 4.85. The predicted molar refractivity (Wildman–Crippen MR) is 125 cm³/mol. The van der Waals surface area contributed by atoms with Crippen LogP contribution in [0.4, 0.5) is 0 Å². The van der Waals surface area contributed by atoms with Crippen LogP contribution >= 0.6 is 0 Å². The molecule has 3 unspecified atom stereocenters. The minimum absolute atomic E-state index is 0.0213. The van der Waals surface area contributed by atoms with E-state index in [1.807, 2.05) is 85.8 Å². The lowest BCUT2D eigenvalue weighted by atomic mass is 9.82. The summed E-state index contributed by atoms with van der Waals surface area (Å²) in [5.41, 5.74) is 3.75. The zero-order chi connectivity index (χ0) is 22.5. The highest BCUT2D eigenvalue weighted by Crippen LogP contribution is 2.41. The Labute approximate surface area is 188 Å². The first-order chi connectivity index (χ1) is 15.6. The monoisotopic (exact) mass is 428 g/mol. The standard InChI is InChI=1S/C28H28O4/c1-2-32-24-15-12-21(13-16-24)20-8-10-22(11-9-20)27(29)25-17-14-23(26(25)28(30)31)18-19-6-4-3-5-7-19/h3-13,15-16,23,25-26H,2,14,17-18H2,1H3,(H,30,31). The highest BCUT2D eigenvalue weighted by atomic mass is 16.5. The van der Waals surface area contributed by atoms with Crippen LogP contribution in [-0.2, 0) is 11.2 Å². The van der Waals surface area contributed by atoms with Crippen LogP contribution in [0, 0.1) is 17.8 Å². The number of aliphatic carboxylic acids is 1. The summed E-state index contributed by atoms with van der Waals surface area (Å²) in [6, 6.07) is 25.3. The van der Waals surface area contributed by atoms with E-state index < -0.39 is 17.8 Å². The molecule has 1 aliphatic rings. The molecule has 32 heavy (non-hydrogen) atoms. The number of rotatable bonds is 8. The molecule has 0 amide bonds. The maximum Gasteiger partial charge on any atom is 0.307 e. The van der Waals surface area contributed by atoms with Crippen LogP contribution in [0.2, 0.25) is 0 Å². The summed E-state index contributed by atoms with van der Waals surface area (Å²) >= 11 is 0. The zero-order valence-corrected chi connectivity index (χ0v) is 18.2. The molecule has 1 saturated carbocycles. The molecule has 3 aromatic rings. The van der Waals surface area contributed by atoms with E-state index in [9.17, 15) is 14.7 Å². The van der Waals surface area contributed by atoms with Gasteiger partial charge in [0.25, 0.3) is 0 Å². The van der Waals surface area contributed by atoms with E-state index >= 15 is 0 Å². The van der Waals surface area contributed by atoms with Crippen molar-refractivity contribution in [2.45, 2.75) is 26.2 Å². The lowest BCUT2D eigenvalue weighted by Gasteiger charge is -2.20. The van der Waals surface area contributed by atoms with Crippen molar-refractivity contribution in [1.82, 2.24) is 0 Å². The molecule has 164 valence electrons. The van der Waals surface area contributed by atoms with E-state index in [2.05, 4.69) is 0 Å². The minimum atomic E-state index is -0.868. The van der Waals surface area contributed by atoms with Crippen LogP contribution in [0.25, 0.3) is 11.1 Å². The number of hydrogen-bond acceptors (Lipinski definition) is 3. The molecule has 4 heteroatoms. The molecule has 0 saturated heterocycles. The van der Waals surface area contributed by atoms with Gasteiger partial charge in [0.15, 0.2) is 5.78 Å². The Hall–Kier alpha value is -3.40. The van der Waals surface area contributed by atoms with Crippen molar-refractivity contribution in [3.63, 3.8) is 0 Å². The third-order valence-electron chi connectivity index (χ3n) is 6.42. The van der Waals surface area contributed by atoms with Gasteiger partial charge in [-0.25, -0.2) is 0 Å². The van der Waals surface area contributed by atoms with Gasteiger partial charge in [0.2, 0.25) is 0 Å². The quantitative estimate of drug-likeness (QED) is 0.453. The second-order valence-corrected chi connectivity index (χ2v) is 8.40.